The summed E-state index contributed by atoms with van der Waals surface area (Å²) < 4.78 is 18.4. The highest BCUT2D eigenvalue weighted by molar-refractivity contribution is 7.10. The summed E-state index contributed by atoms with van der Waals surface area (Å²) in [4.78, 5) is 0.842. The van der Waals surface area contributed by atoms with Crippen molar-refractivity contribution in [1.29, 1.82) is 0 Å². The summed E-state index contributed by atoms with van der Waals surface area (Å²) >= 11 is 1.46. The SMILES string of the molecule is COc1ccc(C(O)c2sccc2C)cc1F. The maximum atomic E-state index is 13.5. The van der Waals surface area contributed by atoms with Crippen molar-refractivity contribution in [3.8, 4) is 5.75 Å². The topological polar surface area (TPSA) is 29.5 Å². The lowest BCUT2D eigenvalue weighted by atomic mass is 10.1. The molecule has 90 valence electrons. The molecule has 0 spiro atoms. The van der Waals surface area contributed by atoms with Crippen LogP contribution in [0.3, 0.4) is 0 Å². The number of ether oxygens (including phenoxy) is 1. The maximum Gasteiger partial charge on any atom is 0.165 e. The number of methoxy groups -OCH3 is 1. The second-order valence-electron chi connectivity index (χ2n) is 3.76. The van der Waals surface area contributed by atoms with Crippen molar-refractivity contribution >= 4 is 11.3 Å². The zero-order valence-electron chi connectivity index (χ0n) is 9.61. The van der Waals surface area contributed by atoms with Gasteiger partial charge in [-0.1, -0.05) is 6.07 Å². The molecule has 2 rings (SSSR count). The summed E-state index contributed by atoms with van der Waals surface area (Å²) in [5, 5.41) is 12.1. The first kappa shape index (κ1) is 12.1. The van der Waals surface area contributed by atoms with Crippen LogP contribution in [0.1, 0.15) is 22.1 Å². The molecule has 0 aliphatic rings. The Hall–Kier alpha value is -1.39. The van der Waals surface area contributed by atoms with E-state index in [0.29, 0.717) is 5.56 Å². The van der Waals surface area contributed by atoms with E-state index in [1.165, 1.54) is 30.6 Å². The zero-order chi connectivity index (χ0) is 12.4. The first-order valence-electron chi connectivity index (χ1n) is 5.19. The van der Waals surface area contributed by atoms with Crippen LogP contribution in [0.15, 0.2) is 29.6 Å². The Morgan fingerprint density at radius 2 is 2.12 bits per heavy atom. The van der Waals surface area contributed by atoms with Crippen LogP contribution in [-0.4, -0.2) is 12.2 Å². The fourth-order valence-corrected chi connectivity index (χ4v) is 2.61. The molecule has 0 radical (unpaired) electrons. The number of benzene rings is 1. The van der Waals surface area contributed by atoms with E-state index < -0.39 is 11.9 Å². The van der Waals surface area contributed by atoms with Crippen LogP contribution in [0.5, 0.6) is 5.75 Å². The van der Waals surface area contributed by atoms with Gasteiger partial charge in [0.15, 0.2) is 11.6 Å². The Morgan fingerprint density at radius 1 is 1.35 bits per heavy atom. The number of hydrogen-bond donors (Lipinski definition) is 1. The third kappa shape index (κ3) is 2.33. The fourth-order valence-electron chi connectivity index (χ4n) is 1.67. The molecule has 0 fully saturated rings. The summed E-state index contributed by atoms with van der Waals surface area (Å²) in [6, 6.07) is 6.44. The van der Waals surface area contributed by atoms with E-state index in [1.807, 2.05) is 18.4 Å². The average Bonchev–Trinajstić information content (AvgIpc) is 2.74. The lowest BCUT2D eigenvalue weighted by Gasteiger charge is -2.11. The van der Waals surface area contributed by atoms with Gasteiger partial charge in [0.25, 0.3) is 0 Å². The molecule has 1 aromatic carbocycles. The summed E-state index contributed by atoms with van der Waals surface area (Å²) in [6.07, 6.45) is -0.782. The monoisotopic (exact) mass is 252 g/mol. The molecule has 4 heteroatoms. The molecule has 0 bridgehead atoms. The molecule has 0 aliphatic carbocycles. The molecule has 1 aromatic heterocycles. The highest BCUT2D eigenvalue weighted by Gasteiger charge is 2.16. The van der Waals surface area contributed by atoms with Crippen LogP contribution >= 0.6 is 11.3 Å². The van der Waals surface area contributed by atoms with Gasteiger partial charge in [-0.3, -0.25) is 0 Å². The quantitative estimate of drug-likeness (QED) is 0.908. The van der Waals surface area contributed by atoms with Crippen LogP contribution in [-0.2, 0) is 0 Å². The number of aryl methyl sites for hydroxylation is 1. The number of rotatable bonds is 3. The Labute approximate surface area is 103 Å². The van der Waals surface area contributed by atoms with Crippen molar-refractivity contribution in [2.45, 2.75) is 13.0 Å². The third-order valence-electron chi connectivity index (χ3n) is 2.64. The second-order valence-corrected chi connectivity index (χ2v) is 4.71. The number of halogens is 1. The maximum absolute atomic E-state index is 13.5. The first-order chi connectivity index (χ1) is 8.13. The molecular formula is C13H13FO2S. The van der Waals surface area contributed by atoms with Crippen LogP contribution in [0, 0.1) is 12.7 Å². The van der Waals surface area contributed by atoms with Crippen molar-refractivity contribution in [2.75, 3.05) is 7.11 Å². The largest absolute Gasteiger partial charge is 0.494 e. The van der Waals surface area contributed by atoms with Gasteiger partial charge in [-0.25, -0.2) is 4.39 Å². The van der Waals surface area contributed by atoms with E-state index in [1.54, 1.807) is 6.07 Å². The highest BCUT2D eigenvalue weighted by atomic mass is 32.1. The summed E-state index contributed by atoms with van der Waals surface area (Å²) in [5.41, 5.74) is 1.55. The zero-order valence-corrected chi connectivity index (χ0v) is 10.4. The highest BCUT2D eigenvalue weighted by Crippen LogP contribution is 2.31. The Kier molecular flexibility index (Phi) is 3.45. The Morgan fingerprint density at radius 3 is 2.65 bits per heavy atom. The van der Waals surface area contributed by atoms with Gasteiger partial charge in [-0.2, -0.15) is 0 Å². The van der Waals surface area contributed by atoms with Gasteiger partial charge in [0.2, 0.25) is 0 Å². The third-order valence-corrected chi connectivity index (χ3v) is 3.71. The van der Waals surface area contributed by atoms with Crippen LogP contribution in [0.2, 0.25) is 0 Å². The van der Waals surface area contributed by atoms with Crippen molar-refractivity contribution in [1.82, 2.24) is 0 Å². The minimum atomic E-state index is -0.782. The minimum absolute atomic E-state index is 0.184. The molecule has 2 nitrogen and oxygen atoms in total. The number of aliphatic hydroxyl groups excluding tert-OH is 1. The molecule has 1 N–H and O–H groups in total. The summed E-state index contributed by atoms with van der Waals surface area (Å²) in [5.74, 6) is -0.276. The van der Waals surface area contributed by atoms with Gasteiger partial charge in [0, 0.05) is 4.88 Å². The van der Waals surface area contributed by atoms with Gasteiger partial charge in [0.05, 0.1) is 7.11 Å². The Bertz CT molecular complexity index is 522. The fraction of sp³-hybridized carbons (Fsp3) is 0.231. The molecule has 1 unspecified atom stereocenters. The smallest absolute Gasteiger partial charge is 0.165 e. The molecule has 0 saturated carbocycles. The van der Waals surface area contributed by atoms with Gasteiger partial charge >= 0.3 is 0 Å². The number of thiophene rings is 1. The molecule has 0 saturated heterocycles. The first-order valence-corrected chi connectivity index (χ1v) is 6.07. The van der Waals surface area contributed by atoms with Crippen LogP contribution in [0.25, 0.3) is 0 Å². The van der Waals surface area contributed by atoms with Gasteiger partial charge in [-0.15, -0.1) is 11.3 Å². The van der Waals surface area contributed by atoms with E-state index in [0.717, 1.165) is 10.4 Å². The van der Waals surface area contributed by atoms with Gasteiger partial charge in [0.1, 0.15) is 6.10 Å². The molecule has 17 heavy (non-hydrogen) atoms. The van der Waals surface area contributed by atoms with Crippen molar-refractivity contribution in [2.24, 2.45) is 0 Å². The molecule has 0 aliphatic heterocycles. The molecular weight excluding hydrogens is 239 g/mol. The van der Waals surface area contributed by atoms with Gasteiger partial charge < -0.3 is 9.84 Å². The normalized spacial score (nSPS) is 12.5. The van der Waals surface area contributed by atoms with Crippen molar-refractivity contribution < 1.29 is 14.2 Å². The molecule has 2 aromatic rings. The number of hydrogen-bond acceptors (Lipinski definition) is 3. The second kappa shape index (κ2) is 4.85. The number of aliphatic hydroxyl groups is 1. The lowest BCUT2D eigenvalue weighted by molar-refractivity contribution is 0.222. The molecule has 1 atom stereocenters. The molecule has 1 heterocycles. The Balaban J connectivity index is 2.35. The van der Waals surface area contributed by atoms with Crippen molar-refractivity contribution in [3.05, 3.63) is 51.5 Å². The molecule has 0 amide bonds. The summed E-state index contributed by atoms with van der Waals surface area (Å²) in [6.45, 7) is 1.93. The van der Waals surface area contributed by atoms with E-state index in [9.17, 15) is 9.50 Å². The van der Waals surface area contributed by atoms with Crippen LogP contribution in [0.4, 0.5) is 4.39 Å². The average molecular weight is 252 g/mol. The summed E-state index contributed by atoms with van der Waals surface area (Å²) in [7, 11) is 1.41. The standard InChI is InChI=1S/C13H13FO2S/c1-8-5-6-17-13(8)12(15)9-3-4-11(16-2)10(14)7-9/h3-7,12,15H,1-2H3. The van der Waals surface area contributed by atoms with Crippen molar-refractivity contribution in [3.63, 3.8) is 0 Å². The lowest BCUT2D eigenvalue weighted by Crippen LogP contribution is -2.00. The predicted octanol–water partition coefficient (Wildman–Crippen LogP) is 3.29. The van der Waals surface area contributed by atoms with E-state index >= 15 is 0 Å². The van der Waals surface area contributed by atoms with E-state index in [4.69, 9.17) is 4.74 Å². The van der Waals surface area contributed by atoms with Gasteiger partial charge in [-0.05, 0) is 41.6 Å². The van der Waals surface area contributed by atoms with E-state index in [2.05, 4.69) is 0 Å². The van der Waals surface area contributed by atoms with Crippen LogP contribution < -0.4 is 4.74 Å². The predicted molar refractivity (Wildman–Crippen MR) is 66.1 cm³/mol. The minimum Gasteiger partial charge on any atom is -0.494 e. The van der Waals surface area contributed by atoms with E-state index in [-0.39, 0.29) is 5.75 Å².